The van der Waals surface area contributed by atoms with Gasteiger partial charge in [-0.2, -0.15) is 0 Å². The summed E-state index contributed by atoms with van der Waals surface area (Å²) in [5.74, 6) is 0.785. The molecule has 2 rings (SSSR count). The van der Waals surface area contributed by atoms with Crippen LogP contribution in [0.1, 0.15) is 21.9 Å². The van der Waals surface area contributed by atoms with E-state index in [0.29, 0.717) is 31.7 Å². The van der Waals surface area contributed by atoms with Gasteiger partial charge in [-0.1, -0.05) is 0 Å². The highest BCUT2D eigenvalue weighted by molar-refractivity contribution is 5.95. The van der Waals surface area contributed by atoms with Gasteiger partial charge in [0.25, 0.3) is 5.91 Å². The minimum atomic E-state index is -0.0592. The second-order valence-corrected chi connectivity index (χ2v) is 4.86. The first-order valence-corrected chi connectivity index (χ1v) is 6.89. The zero-order valence-electron chi connectivity index (χ0n) is 12.7. The Morgan fingerprint density at radius 2 is 2.29 bits per heavy atom. The molecule has 0 fully saturated rings. The van der Waals surface area contributed by atoms with Crippen LogP contribution in [0.4, 0.5) is 0 Å². The number of nitrogens with zero attached hydrogens (tertiary/aromatic N) is 4. The van der Waals surface area contributed by atoms with Gasteiger partial charge in [-0.05, 0) is 13.0 Å². The molecule has 1 amide bonds. The first kappa shape index (κ1) is 15.2. The van der Waals surface area contributed by atoms with Crippen molar-refractivity contribution in [1.82, 2.24) is 24.6 Å². The number of hydrogen-bond donors (Lipinski definition) is 1. The molecule has 0 atom stereocenters. The summed E-state index contributed by atoms with van der Waals surface area (Å²) < 4.78 is 8.90. The third-order valence-corrected chi connectivity index (χ3v) is 3.49. The molecule has 0 radical (unpaired) electrons. The zero-order chi connectivity index (χ0) is 15.2. The van der Waals surface area contributed by atoms with Crippen molar-refractivity contribution in [2.75, 3.05) is 20.3 Å². The topological polar surface area (TPSA) is 74.0 Å². The number of carbonyl (C=O) groups excluding carboxylic acids is 1. The van der Waals surface area contributed by atoms with Gasteiger partial charge in [0.2, 0.25) is 0 Å². The zero-order valence-corrected chi connectivity index (χ0v) is 12.7. The largest absolute Gasteiger partial charge is 0.383 e. The van der Waals surface area contributed by atoms with Crippen molar-refractivity contribution < 1.29 is 9.53 Å². The molecule has 0 bridgehead atoms. The number of carbonyl (C=O) groups is 1. The predicted molar refractivity (Wildman–Crippen MR) is 78.1 cm³/mol. The molecule has 114 valence electrons. The molecule has 21 heavy (non-hydrogen) atoms. The molecule has 0 saturated carbocycles. The Hall–Kier alpha value is -2.15. The maximum Gasteiger partial charge on any atom is 0.253 e. The summed E-state index contributed by atoms with van der Waals surface area (Å²) >= 11 is 0. The van der Waals surface area contributed by atoms with E-state index in [0.717, 1.165) is 11.5 Å². The third-order valence-electron chi connectivity index (χ3n) is 3.49. The summed E-state index contributed by atoms with van der Waals surface area (Å²) in [5.41, 5.74) is 1.66. The van der Waals surface area contributed by atoms with E-state index in [9.17, 15) is 4.79 Å². The molecule has 7 nitrogen and oxygen atoms in total. The lowest BCUT2D eigenvalue weighted by atomic mass is 10.2. The highest BCUT2D eigenvalue weighted by Crippen LogP contribution is 2.07. The Kier molecular flexibility index (Phi) is 5.10. The molecular formula is C14H21N5O2. The summed E-state index contributed by atoms with van der Waals surface area (Å²) in [7, 11) is 3.58. The van der Waals surface area contributed by atoms with E-state index >= 15 is 0 Å². The molecule has 7 heteroatoms. The lowest BCUT2D eigenvalue weighted by Gasteiger charge is -2.07. The summed E-state index contributed by atoms with van der Waals surface area (Å²) in [6.45, 7) is 3.78. The van der Waals surface area contributed by atoms with Crippen molar-refractivity contribution in [3.05, 3.63) is 35.7 Å². The molecule has 0 saturated heterocycles. The van der Waals surface area contributed by atoms with E-state index in [1.165, 1.54) is 0 Å². The molecule has 0 aliphatic rings. The van der Waals surface area contributed by atoms with Gasteiger partial charge in [0.1, 0.15) is 12.2 Å². The molecule has 0 aliphatic heterocycles. The van der Waals surface area contributed by atoms with Crippen LogP contribution in [0.15, 0.2) is 18.6 Å². The van der Waals surface area contributed by atoms with Crippen LogP contribution in [0, 0.1) is 6.92 Å². The minimum Gasteiger partial charge on any atom is -0.383 e. The van der Waals surface area contributed by atoms with E-state index in [4.69, 9.17) is 4.74 Å². The van der Waals surface area contributed by atoms with Crippen LogP contribution in [0.2, 0.25) is 0 Å². The maximum atomic E-state index is 12.1. The van der Waals surface area contributed by atoms with Crippen molar-refractivity contribution in [2.24, 2.45) is 7.05 Å². The minimum absolute atomic E-state index is 0.0592. The quantitative estimate of drug-likeness (QED) is 0.808. The number of hydrogen-bond acceptors (Lipinski definition) is 4. The van der Waals surface area contributed by atoms with Crippen molar-refractivity contribution in [3.8, 4) is 0 Å². The number of ether oxygens (including phenoxy) is 1. The fourth-order valence-corrected chi connectivity index (χ4v) is 2.08. The molecule has 2 aromatic rings. The van der Waals surface area contributed by atoms with Gasteiger partial charge in [-0.15, -0.1) is 10.2 Å². The number of aromatic nitrogens is 4. The van der Waals surface area contributed by atoms with Crippen molar-refractivity contribution in [3.63, 3.8) is 0 Å². The van der Waals surface area contributed by atoms with E-state index in [2.05, 4.69) is 15.5 Å². The van der Waals surface area contributed by atoms with Gasteiger partial charge in [0.05, 0.1) is 12.2 Å². The number of aryl methyl sites for hydroxylation is 1. The van der Waals surface area contributed by atoms with Gasteiger partial charge in [0.15, 0.2) is 0 Å². The fraction of sp³-hybridized carbons (Fsp3) is 0.500. The first-order valence-electron chi connectivity index (χ1n) is 6.89. The summed E-state index contributed by atoms with van der Waals surface area (Å²) in [6, 6.07) is 1.83. The molecule has 0 spiro atoms. The van der Waals surface area contributed by atoms with Gasteiger partial charge < -0.3 is 19.2 Å². The fourth-order valence-electron chi connectivity index (χ4n) is 2.08. The van der Waals surface area contributed by atoms with Gasteiger partial charge in [-0.3, -0.25) is 4.79 Å². The molecule has 0 unspecified atom stereocenters. The Balaban J connectivity index is 1.86. The van der Waals surface area contributed by atoms with Crippen molar-refractivity contribution >= 4 is 5.91 Å². The Morgan fingerprint density at radius 3 is 2.95 bits per heavy atom. The molecular weight excluding hydrogens is 270 g/mol. The van der Waals surface area contributed by atoms with Gasteiger partial charge in [-0.25, -0.2) is 0 Å². The van der Waals surface area contributed by atoms with Crippen LogP contribution >= 0.6 is 0 Å². The number of rotatable bonds is 7. The summed E-state index contributed by atoms with van der Waals surface area (Å²) in [5, 5.41) is 10.9. The van der Waals surface area contributed by atoms with Gasteiger partial charge >= 0.3 is 0 Å². The van der Waals surface area contributed by atoms with E-state index < -0.39 is 0 Å². The average Bonchev–Trinajstić information content (AvgIpc) is 3.04. The second kappa shape index (κ2) is 7.03. The lowest BCUT2D eigenvalue weighted by Crippen LogP contribution is -2.27. The predicted octanol–water partition coefficient (Wildman–Crippen LogP) is 0.544. The highest BCUT2D eigenvalue weighted by atomic mass is 16.5. The Labute approximate surface area is 123 Å². The number of methoxy groups -OCH3 is 1. The maximum absolute atomic E-state index is 12.1. The van der Waals surface area contributed by atoms with E-state index in [-0.39, 0.29) is 5.91 Å². The average molecular weight is 291 g/mol. The highest BCUT2D eigenvalue weighted by Gasteiger charge is 2.11. The van der Waals surface area contributed by atoms with Crippen LogP contribution in [0.5, 0.6) is 0 Å². The molecule has 0 aliphatic carbocycles. The van der Waals surface area contributed by atoms with Crippen LogP contribution in [-0.4, -0.2) is 45.5 Å². The van der Waals surface area contributed by atoms with Crippen molar-refractivity contribution in [2.45, 2.75) is 19.9 Å². The smallest absolute Gasteiger partial charge is 0.253 e. The normalized spacial score (nSPS) is 10.8. The number of nitrogens with one attached hydrogen (secondary N) is 1. The van der Waals surface area contributed by atoms with E-state index in [1.807, 2.05) is 35.4 Å². The molecule has 1 N–H and O–H groups in total. The summed E-state index contributed by atoms with van der Waals surface area (Å²) in [6.07, 6.45) is 4.20. The Bertz CT molecular complexity index is 602. The van der Waals surface area contributed by atoms with Crippen LogP contribution in [0.3, 0.4) is 0 Å². The van der Waals surface area contributed by atoms with Crippen LogP contribution in [0.25, 0.3) is 0 Å². The molecule has 2 heterocycles. The van der Waals surface area contributed by atoms with Crippen LogP contribution in [-0.2, 0) is 24.8 Å². The third kappa shape index (κ3) is 3.69. The SMILES string of the molecule is COCCn1cnnc1CCNC(=O)c1ccn(C)c1C. The van der Waals surface area contributed by atoms with Crippen molar-refractivity contribution in [1.29, 1.82) is 0 Å². The second-order valence-electron chi connectivity index (χ2n) is 4.86. The Morgan fingerprint density at radius 1 is 1.48 bits per heavy atom. The molecule has 0 aromatic carbocycles. The lowest BCUT2D eigenvalue weighted by molar-refractivity contribution is 0.0953. The van der Waals surface area contributed by atoms with Gasteiger partial charge in [0, 0.05) is 45.6 Å². The number of amides is 1. The first-order chi connectivity index (χ1) is 10.1. The summed E-state index contributed by atoms with van der Waals surface area (Å²) in [4.78, 5) is 12.1. The monoisotopic (exact) mass is 291 g/mol. The van der Waals surface area contributed by atoms with Crippen LogP contribution < -0.4 is 5.32 Å². The van der Waals surface area contributed by atoms with E-state index in [1.54, 1.807) is 13.4 Å². The standard InChI is InChI=1S/C14H21N5O2/c1-11-12(5-7-18(11)2)14(20)15-6-4-13-17-16-10-19(13)8-9-21-3/h5,7,10H,4,6,8-9H2,1-3H3,(H,15,20). The molecule has 2 aromatic heterocycles.